The van der Waals surface area contributed by atoms with Crippen LogP contribution in [0.4, 0.5) is 0 Å². The molecule has 1 aromatic carbocycles. The predicted octanol–water partition coefficient (Wildman–Crippen LogP) is 4.17. The van der Waals surface area contributed by atoms with Crippen molar-refractivity contribution in [3.63, 3.8) is 0 Å². The molecule has 2 aromatic heterocycles. The van der Waals surface area contributed by atoms with Crippen molar-refractivity contribution in [1.82, 2.24) is 10.3 Å². The average Bonchev–Trinajstić information content (AvgIpc) is 2.97. The number of nitrogens with one attached hydrogen (secondary N) is 1. The maximum absolute atomic E-state index is 4.57. The van der Waals surface area contributed by atoms with Gasteiger partial charge in [-0.05, 0) is 43.3 Å². The Morgan fingerprint density at radius 3 is 2.80 bits per heavy atom. The fraction of sp³-hybridized carbons (Fsp3) is 0.235. The third-order valence-electron chi connectivity index (χ3n) is 3.55. The van der Waals surface area contributed by atoms with Gasteiger partial charge < -0.3 is 5.32 Å². The first-order chi connectivity index (χ1) is 9.81. The number of rotatable bonds is 4. The second-order valence-corrected chi connectivity index (χ2v) is 6.04. The van der Waals surface area contributed by atoms with Gasteiger partial charge in [0.15, 0.2) is 0 Å². The Morgan fingerprint density at radius 2 is 2.05 bits per heavy atom. The van der Waals surface area contributed by atoms with E-state index in [-0.39, 0.29) is 6.04 Å². The number of nitrogens with zero attached hydrogens (tertiary/aromatic N) is 1. The molecule has 3 heteroatoms. The van der Waals surface area contributed by atoms with Crippen LogP contribution in [-0.2, 0) is 6.42 Å². The first-order valence-corrected chi connectivity index (χ1v) is 7.74. The van der Waals surface area contributed by atoms with Crippen LogP contribution in [0, 0.1) is 0 Å². The van der Waals surface area contributed by atoms with E-state index in [9.17, 15) is 0 Å². The molecular weight excluding hydrogens is 264 g/mol. The van der Waals surface area contributed by atoms with E-state index in [1.807, 2.05) is 36.7 Å². The minimum absolute atomic E-state index is 0.220. The number of fused-ring (bicyclic) bond motifs is 1. The average molecular weight is 282 g/mol. The number of hydrogen-bond donors (Lipinski definition) is 1. The van der Waals surface area contributed by atoms with Gasteiger partial charge in [-0.1, -0.05) is 25.1 Å². The fourth-order valence-corrected chi connectivity index (χ4v) is 3.55. The van der Waals surface area contributed by atoms with Crippen LogP contribution < -0.4 is 5.32 Å². The van der Waals surface area contributed by atoms with Crippen molar-refractivity contribution >= 4 is 22.2 Å². The van der Waals surface area contributed by atoms with Crippen molar-refractivity contribution in [2.45, 2.75) is 19.4 Å². The molecule has 0 saturated heterocycles. The molecular formula is C17H18N2S. The van der Waals surface area contributed by atoms with E-state index in [1.54, 1.807) is 0 Å². The first kappa shape index (κ1) is 13.3. The summed E-state index contributed by atoms with van der Waals surface area (Å²) >= 11 is 1.88. The molecule has 1 unspecified atom stereocenters. The quantitative estimate of drug-likeness (QED) is 0.777. The van der Waals surface area contributed by atoms with Crippen LogP contribution in [0.15, 0.2) is 48.7 Å². The molecule has 0 amide bonds. The van der Waals surface area contributed by atoms with Crippen LogP contribution in [0.3, 0.4) is 0 Å². The van der Waals surface area contributed by atoms with Gasteiger partial charge in [0.2, 0.25) is 0 Å². The van der Waals surface area contributed by atoms with Gasteiger partial charge >= 0.3 is 0 Å². The van der Waals surface area contributed by atoms with E-state index in [2.05, 4.69) is 47.6 Å². The summed E-state index contributed by atoms with van der Waals surface area (Å²) in [5.74, 6) is 0. The molecule has 102 valence electrons. The lowest BCUT2D eigenvalue weighted by Crippen LogP contribution is -2.16. The number of thiophene rings is 1. The highest BCUT2D eigenvalue weighted by molar-refractivity contribution is 7.12. The third-order valence-corrected chi connectivity index (χ3v) is 4.84. The molecule has 0 saturated carbocycles. The topological polar surface area (TPSA) is 24.9 Å². The molecule has 0 aliphatic carbocycles. The first-order valence-electron chi connectivity index (χ1n) is 6.92. The van der Waals surface area contributed by atoms with E-state index in [0.717, 1.165) is 11.9 Å². The molecule has 0 aliphatic heterocycles. The van der Waals surface area contributed by atoms with Crippen molar-refractivity contribution in [2.24, 2.45) is 0 Å². The zero-order valence-electron chi connectivity index (χ0n) is 11.8. The molecule has 1 atom stereocenters. The molecule has 0 bridgehead atoms. The van der Waals surface area contributed by atoms with Crippen LogP contribution in [-0.4, -0.2) is 12.0 Å². The number of benzene rings is 1. The Kier molecular flexibility index (Phi) is 3.81. The summed E-state index contributed by atoms with van der Waals surface area (Å²) in [5, 5.41) is 4.60. The van der Waals surface area contributed by atoms with Crippen molar-refractivity contribution in [2.75, 3.05) is 7.05 Å². The lowest BCUT2D eigenvalue weighted by molar-refractivity contribution is 0.702. The summed E-state index contributed by atoms with van der Waals surface area (Å²) in [6, 6.07) is 15.1. The molecule has 2 nitrogen and oxygen atoms in total. The Balaban J connectivity index is 2.02. The lowest BCUT2D eigenvalue weighted by Gasteiger charge is -2.15. The molecule has 0 aliphatic rings. The summed E-state index contributed by atoms with van der Waals surface area (Å²) in [5.41, 5.74) is 2.27. The number of para-hydroxylation sites is 1. The van der Waals surface area contributed by atoms with Crippen LogP contribution >= 0.6 is 11.3 Å². The molecule has 20 heavy (non-hydrogen) atoms. The largest absolute Gasteiger partial charge is 0.309 e. The second-order valence-electron chi connectivity index (χ2n) is 4.84. The minimum Gasteiger partial charge on any atom is -0.309 e. The molecule has 0 radical (unpaired) electrons. The van der Waals surface area contributed by atoms with Crippen molar-refractivity contribution in [1.29, 1.82) is 0 Å². The van der Waals surface area contributed by atoms with Gasteiger partial charge in [0.05, 0.1) is 11.6 Å². The predicted molar refractivity (Wildman–Crippen MR) is 86.3 cm³/mol. The molecule has 3 aromatic rings. The Morgan fingerprint density at radius 1 is 1.20 bits per heavy atom. The maximum Gasteiger partial charge on any atom is 0.0702 e. The highest BCUT2D eigenvalue weighted by Crippen LogP contribution is 2.29. The minimum atomic E-state index is 0.220. The SMILES string of the molecule is CCc1ccc(C(NC)c2cnc3ccccc3c2)s1. The second kappa shape index (κ2) is 5.73. The summed E-state index contributed by atoms with van der Waals surface area (Å²) in [6.45, 7) is 2.20. The molecule has 0 spiro atoms. The van der Waals surface area contributed by atoms with Gasteiger partial charge in [-0.3, -0.25) is 4.98 Å². The molecule has 1 N–H and O–H groups in total. The summed E-state index contributed by atoms with van der Waals surface area (Å²) in [7, 11) is 2.01. The van der Waals surface area contributed by atoms with E-state index in [0.29, 0.717) is 0 Å². The van der Waals surface area contributed by atoms with Gasteiger partial charge in [0, 0.05) is 21.3 Å². The van der Waals surface area contributed by atoms with Gasteiger partial charge in [0.1, 0.15) is 0 Å². The fourth-order valence-electron chi connectivity index (χ4n) is 2.46. The van der Waals surface area contributed by atoms with Gasteiger partial charge in [-0.15, -0.1) is 11.3 Å². The van der Waals surface area contributed by atoms with E-state index in [4.69, 9.17) is 0 Å². The Bertz CT molecular complexity index is 718. The van der Waals surface area contributed by atoms with Crippen LogP contribution in [0.1, 0.15) is 28.3 Å². The normalized spacial score (nSPS) is 12.7. The van der Waals surface area contributed by atoms with Gasteiger partial charge in [-0.25, -0.2) is 0 Å². The Labute approximate surface area is 123 Å². The number of aryl methyl sites for hydroxylation is 1. The Hall–Kier alpha value is -1.71. The van der Waals surface area contributed by atoms with Crippen LogP contribution in [0.25, 0.3) is 10.9 Å². The third kappa shape index (κ3) is 2.47. The summed E-state index contributed by atoms with van der Waals surface area (Å²) in [6.07, 6.45) is 3.08. The molecule has 2 heterocycles. The van der Waals surface area contributed by atoms with Crippen LogP contribution in [0.2, 0.25) is 0 Å². The van der Waals surface area contributed by atoms with E-state index < -0.39 is 0 Å². The van der Waals surface area contributed by atoms with Gasteiger partial charge in [-0.2, -0.15) is 0 Å². The van der Waals surface area contributed by atoms with Crippen molar-refractivity contribution in [3.8, 4) is 0 Å². The summed E-state index contributed by atoms with van der Waals surface area (Å²) < 4.78 is 0. The van der Waals surface area contributed by atoms with Crippen molar-refractivity contribution < 1.29 is 0 Å². The van der Waals surface area contributed by atoms with Crippen LogP contribution in [0.5, 0.6) is 0 Å². The number of hydrogen-bond acceptors (Lipinski definition) is 3. The smallest absolute Gasteiger partial charge is 0.0702 e. The number of pyridine rings is 1. The maximum atomic E-state index is 4.57. The molecule has 0 fully saturated rings. The highest BCUT2D eigenvalue weighted by Gasteiger charge is 2.15. The molecule has 3 rings (SSSR count). The van der Waals surface area contributed by atoms with Crippen molar-refractivity contribution in [3.05, 3.63) is 64.0 Å². The summed E-state index contributed by atoms with van der Waals surface area (Å²) in [4.78, 5) is 7.34. The lowest BCUT2D eigenvalue weighted by atomic mass is 10.1. The standard InChI is InChI=1S/C17H18N2S/c1-3-14-8-9-16(20-14)17(18-2)13-10-12-6-4-5-7-15(12)19-11-13/h4-11,17-18H,3H2,1-2H3. The van der Waals surface area contributed by atoms with Gasteiger partial charge in [0.25, 0.3) is 0 Å². The zero-order chi connectivity index (χ0) is 13.9. The highest BCUT2D eigenvalue weighted by atomic mass is 32.1. The van der Waals surface area contributed by atoms with E-state index in [1.165, 1.54) is 20.7 Å². The monoisotopic (exact) mass is 282 g/mol. The zero-order valence-corrected chi connectivity index (χ0v) is 12.6. The number of aromatic nitrogens is 1. The van der Waals surface area contributed by atoms with E-state index >= 15 is 0 Å².